The second kappa shape index (κ2) is 7.41. The van der Waals surface area contributed by atoms with Crippen LogP contribution in [0.2, 0.25) is 0 Å². The number of carbonyl (C=O) groups is 1. The van der Waals surface area contributed by atoms with Gasteiger partial charge in [-0.05, 0) is 25.3 Å². The van der Waals surface area contributed by atoms with Crippen LogP contribution in [0.15, 0.2) is 34.2 Å². The number of carbonyl (C=O) groups excluding carboxylic acids is 1. The van der Waals surface area contributed by atoms with Gasteiger partial charge in [-0.2, -0.15) is 0 Å². The molecule has 1 aromatic carbocycles. The van der Waals surface area contributed by atoms with E-state index in [2.05, 4.69) is 48.3 Å². The summed E-state index contributed by atoms with van der Waals surface area (Å²) in [5.74, 6) is 1.13. The van der Waals surface area contributed by atoms with Crippen LogP contribution in [0.4, 0.5) is 0 Å². The lowest BCUT2D eigenvalue weighted by Crippen LogP contribution is -2.26. The van der Waals surface area contributed by atoms with E-state index in [9.17, 15) is 4.79 Å². The Kier molecular flexibility index (Phi) is 5.23. The van der Waals surface area contributed by atoms with Crippen LogP contribution in [-0.2, 0) is 6.54 Å². The summed E-state index contributed by atoms with van der Waals surface area (Å²) in [6.07, 6.45) is 0. The Morgan fingerprint density at radius 1 is 1.23 bits per heavy atom. The van der Waals surface area contributed by atoms with Crippen molar-refractivity contribution in [3.05, 3.63) is 57.9 Å². The molecule has 0 aliphatic heterocycles. The minimum absolute atomic E-state index is 0.105. The highest BCUT2D eigenvalue weighted by Crippen LogP contribution is 2.26. The van der Waals surface area contributed by atoms with E-state index < -0.39 is 0 Å². The molecule has 26 heavy (non-hydrogen) atoms. The zero-order valence-corrected chi connectivity index (χ0v) is 16.6. The predicted octanol–water partition coefficient (Wildman–Crippen LogP) is 4.81. The highest BCUT2D eigenvalue weighted by atomic mass is 32.1. The van der Waals surface area contributed by atoms with Gasteiger partial charge in [-0.15, -0.1) is 11.3 Å². The number of aryl methyl sites for hydroxylation is 2. The maximum absolute atomic E-state index is 12.7. The smallest absolute Gasteiger partial charge is 0.273 e. The molecule has 0 atom stereocenters. The molecule has 6 heteroatoms. The Bertz CT molecular complexity index is 890. The summed E-state index contributed by atoms with van der Waals surface area (Å²) >= 11 is 1.49. The number of hydrogen-bond acceptors (Lipinski definition) is 5. The van der Waals surface area contributed by atoms with Gasteiger partial charge in [0.25, 0.3) is 5.91 Å². The summed E-state index contributed by atoms with van der Waals surface area (Å²) in [5.41, 5.74) is 4.55. The largest absolute Gasteiger partial charge is 0.361 e. The molecule has 0 saturated heterocycles. The Balaban J connectivity index is 1.75. The van der Waals surface area contributed by atoms with Crippen LogP contribution in [0.25, 0.3) is 10.6 Å². The minimum Gasteiger partial charge on any atom is -0.361 e. The predicted molar refractivity (Wildman–Crippen MR) is 103 cm³/mol. The molecule has 0 N–H and O–H groups in total. The van der Waals surface area contributed by atoms with E-state index in [0.29, 0.717) is 18.2 Å². The van der Waals surface area contributed by atoms with Crippen molar-refractivity contribution in [2.24, 2.45) is 0 Å². The number of hydrogen-bond donors (Lipinski definition) is 0. The topological polar surface area (TPSA) is 59.2 Å². The highest BCUT2D eigenvalue weighted by Gasteiger charge is 2.19. The van der Waals surface area contributed by atoms with Gasteiger partial charge in [0.05, 0.1) is 12.2 Å². The van der Waals surface area contributed by atoms with Crippen LogP contribution >= 0.6 is 11.3 Å². The van der Waals surface area contributed by atoms with E-state index in [1.165, 1.54) is 16.9 Å². The molecule has 2 aromatic heterocycles. The summed E-state index contributed by atoms with van der Waals surface area (Å²) < 4.78 is 5.17. The van der Waals surface area contributed by atoms with Crippen LogP contribution in [0.3, 0.4) is 0 Å². The van der Waals surface area contributed by atoms with Crippen molar-refractivity contribution in [2.75, 3.05) is 7.05 Å². The van der Waals surface area contributed by atoms with Crippen LogP contribution in [-0.4, -0.2) is 28.0 Å². The van der Waals surface area contributed by atoms with E-state index in [-0.39, 0.29) is 5.91 Å². The average molecular weight is 369 g/mol. The van der Waals surface area contributed by atoms with Gasteiger partial charge >= 0.3 is 0 Å². The lowest BCUT2D eigenvalue weighted by atomic mass is 10.0. The fraction of sp³-hybridized carbons (Fsp3) is 0.350. The summed E-state index contributed by atoms with van der Waals surface area (Å²) in [7, 11) is 1.77. The van der Waals surface area contributed by atoms with Gasteiger partial charge in [-0.1, -0.05) is 43.3 Å². The average Bonchev–Trinajstić information content (AvgIpc) is 3.23. The second-order valence-electron chi connectivity index (χ2n) is 6.78. The third-order valence-corrected chi connectivity index (χ3v) is 5.36. The number of aromatic nitrogens is 2. The van der Waals surface area contributed by atoms with E-state index >= 15 is 0 Å². The van der Waals surface area contributed by atoms with Gasteiger partial charge in [0.1, 0.15) is 16.5 Å². The van der Waals surface area contributed by atoms with Gasteiger partial charge in [-0.25, -0.2) is 4.98 Å². The van der Waals surface area contributed by atoms with Crippen LogP contribution in [0.1, 0.15) is 52.8 Å². The molecule has 0 radical (unpaired) electrons. The Labute approximate surface area is 157 Å². The molecule has 136 valence electrons. The molecular weight excluding hydrogens is 346 g/mol. The van der Waals surface area contributed by atoms with Crippen molar-refractivity contribution in [1.82, 2.24) is 15.0 Å². The number of rotatable bonds is 5. The summed E-state index contributed by atoms with van der Waals surface area (Å²) in [5, 5.41) is 6.61. The van der Waals surface area contributed by atoms with Crippen molar-refractivity contribution < 1.29 is 9.32 Å². The number of thiazole rings is 1. The number of benzene rings is 1. The highest BCUT2D eigenvalue weighted by molar-refractivity contribution is 7.13. The molecule has 1 amide bonds. The maximum Gasteiger partial charge on any atom is 0.273 e. The first-order valence-electron chi connectivity index (χ1n) is 8.60. The molecule has 0 unspecified atom stereocenters. The van der Waals surface area contributed by atoms with Crippen molar-refractivity contribution in [3.63, 3.8) is 0 Å². The first kappa shape index (κ1) is 18.3. The molecular formula is C20H23N3O2S. The summed E-state index contributed by atoms with van der Waals surface area (Å²) in [6, 6.07) is 8.37. The molecule has 3 rings (SSSR count). The van der Waals surface area contributed by atoms with Gasteiger partial charge in [0.15, 0.2) is 0 Å². The molecule has 0 spiro atoms. The molecule has 0 aliphatic rings. The third kappa shape index (κ3) is 3.70. The van der Waals surface area contributed by atoms with Gasteiger partial charge in [-0.3, -0.25) is 4.79 Å². The Morgan fingerprint density at radius 2 is 1.92 bits per heavy atom. The molecule has 5 nitrogen and oxygen atoms in total. The quantitative estimate of drug-likeness (QED) is 0.647. The normalized spacial score (nSPS) is 11.2. The van der Waals surface area contributed by atoms with E-state index in [1.807, 2.05) is 19.2 Å². The van der Waals surface area contributed by atoms with E-state index in [4.69, 9.17) is 4.52 Å². The molecule has 0 fully saturated rings. The Morgan fingerprint density at radius 3 is 2.50 bits per heavy atom. The van der Waals surface area contributed by atoms with E-state index in [0.717, 1.165) is 27.6 Å². The van der Waals surface area contributed by atoms with Gasteiger partial charge < -0.3 is 9.42 Å². The Hall–Kier alpha value is -2.47. The molecule has 3 aromatic rings. The zero-order chi connectivity index (χ0) is 18.8. The fourth-order valence-electron chi connectivity index (χ4n) is 2.75. The van der Waals surface area contributed by atoms with Crippen molar-refractivity contribution in [1.29, 1.82) is 0 Å². The lowest BCUT2D eigenvalue weighted by Gasteiger charge is -2.15. The summed E-state index contributed by atoms with van der Waals surface area (Å²) in [4.78, 5) is 18.9. The second-order valence-corrected chi connectivity index (χ2v) is 7.64. The lowest BCUT2D eigenvalue weighted by molar-refractivity contribution is 0.0779. The van der Waals surface area contributed by atoms with Gasteiger partial charge in [0, 0.05) is 23.6 Å². The van der Waals surface area contributed by atoms with E-state index in [1.54, 1.807) is 11.9 Å². The number of nitrogens with zero attached hydrogens (tertiary/aromatic N) is 3. The minimum atomic E-state index is -0.105. The molecule has 0 bridgehead atoms. The first-order chi connectivity index (χ1) is 12.4. The van der Waals surface area contributed by atoms with Crippen LogP contribution in [0, 0.1) is 13.8 Å². The SMILES string of the molecule is Cc1noc(C)c1CN(C)C(=O)c1csc(-c2ccc(C(C)C)cc2)n1. The third-order valence-electron chi connectivity index (χ3n) is 4.47. The number of amides is 1. The molecule has 0 saturated carbocycles. The zero-order valence-electron chi connectivity index (χ0n) is 15.7. The van der Waals surface area contributed by atoms with Crippen molar-refractivity contribution in [3.8, 4) is 10.6 Å². The van der Waals surface area contributed by atoms with Crippen molar-refractivity contribution >= 4 is 17.2 Å². The fourth-order valence-corrected chi connectivity index (χ4v) is 3.55. The van der Waals surface area contributed by atoms with Crippen LogP contribution in [0.5, 0.6) is 0 Å². The maximum atomic E-state index is 12.7. The van der Waals surface area contributed by atoms with Gasteiger partial charge in [0.2, 0.25) is 0 Å². The molecule has 0 aliphatic carbocycles. The van der Waals surface area contributed by atoms with Crippen molar-refractivity contribution in [2.45, 2.75) is 40.2 Å². The first-order valence-corrected chi connectivity index (χ1v) is 9.48. The standard InChI is InChI=1S/C20H23N3O2S/c1-12(2)15-6-8-16(9-7-15)19-21-18(11-26-19)20(24)23(5)10-17-13(3)22-25-14(17)4/h6-9,11-12H,10H2,1-5H3. The monoisotopic (exact) mass is 369 g/mol. The van der Waals surface area contributed by atoms with Crippen LogP contribution < -0.4 is 0 Å². The summed E-state index contributed by atoms with van der Waals surface area (Å²) in [6.45, 7) is 8.53. The molecule has 2 heterocycles.